The zero-order valence-corrected chi connectivity index (χ0v) is 8.01. The second-order valence-electron chi connectivity index (χ2n) is 2.98. The fraction of sp³-hybridized carbons (Fsp3) is 0.300. The van der Waals surface area contributed by atoms with Crippen molar-refractivity contribution < 1.29 is 9.18 Å². The summed E-state index contributed by atoms with van der Waals surface area (Å²) in [4.78, 5) is 10.2. The number of halogens is 2. The van der Waals surface area contributed by atoms with Crippen LogP contribution in [0.5, 0.6) is 0 Å². The highest BCUT2D eigenvalue weighted by atomic mass is 35.5. The van der Waals surface area contributed by atoms with Gasteiger partial charge in [-0.1, -0.05) is 24.6 Å². The Balaban J connectivity index is 2.89. The predicted octanol–water partition coefficient (Wildman–Crippen LogP) is 3.17. The number of benzene rings is 1. The van der Waals surface area contributed by atoms with Crippen LogP contribution in [0.4, 0.5) is 4.39 Å². The minimum absolute atomic E-state index is 0.0456. The van der Waals surface area contributed by atoms with Gasteiger partial charge in [0.15, 0.2) is 0 Å². The topological polar surface area (TPSA) is 17.1 Å². The van der Waals surface area contributed by atoms with Crippen LogP contribution in [0, 0.1) is 5.82 Å². The third-order valence-corrected chi connectivity index (χ3v) is 2.27. The monoisotopic (exact) mass is 200 g/mol. The van der Waals surface area contributed by atoms with Crippen molar-refractivity contribution in [2.45, 2.75) is 19.3 Å². The Bertz CT molecular complexity index is 312. The molecule has 0 aliphatic rings. The van der Waals surface area contributed by atoms with E-state index in [9.17, 15) is 9.18 Å². The lowest BCUT2D eigenvalue weighted by atomic mass is 9.99. The number of carbonyl (C=O) groups excluding carboxylic acids is 1. The van der Waals surface area contributed by atoms with Crippen LogP contribution in [0.25, 0.3) is 0 Å². The number of hydrogen-bond donors (Lipinski definition) is 0. The van der Waals surface area contributed by atoms with Crippen LogP contribution in [-0.2, 0) is 4.79 Å². The molecule has 0 N–H and O–H groups in total. The molecule has 0 heterocycles. The van der Waals surface area contributed by atoms with Crippen molar-refractivity contribution in [3.05, 3.63) is 34.6 Å². The van der Waals surface area contributed by atoms with Crippen LogP contribution in [0.2, 0.25) is 5.02 Å². The van der Waals surface area contributed by atoms with E-state index >= 15 is 0 Å². The number of hydrogen-bond acceptors (Lipinski definition) is 1. The lowest BCUT2D eigenvalue weighted by Gasteiger charge is -2.07. The second-order valence-corrected chi connectivity index (χ2v) is 3.38. The van der Waals surface area contributed by atoms with Crippen molar-refractivity contribution in [3.8, 4) is 0 Å². The third-order valence-electron chi connectivity index (χ3n) is 1.96. The first kappa shape index (κ1) is 10.2. The van der Waals surface area contributed by atoms with Gasteiger partial charge in [0, 0.05) is 6.42 Å². The molecule has 0 saturated carbocycles. The first-order valence-electron chi connectivity index (χ1n) is 4.03. The molecule has 0 fully saturated rings. The lowest BCUT2D eigenvalue weighted by Crippen LogP contribution is -1.95. The normalized spacial score (nSPS) is 12.5. The van der Waals surface area contributed by atoms with Gasteiger partial charge in [-0.25, -0.2) is 4.39 Å². The van der Waals surface area contributed by atoms with E-state index < -0.39 is 5.82 Å². The van der Waals surface area contributed by atoms with E-state index in [1.54, 1.807) is 6.07 Å². The zero-order valence-electron chi connectivity index (χ0n) is 7.26. The van der Waals surface area contributed by atoms with Gasteiger partial charge in [-0.05, 0) is 23.6 Å². The Kier molecular flexibility index (Phi) is 3.43. The van der Waals surface area contributed by atoms with E-state index in [1.807, 2.05) is 6.92 Å². The molecule has 13 heavy (non-hydrogen) atoms. The van der Waals surface area contributed by atoms with Crippen molar-refractivity contribution >= 4 is 17.9 Å². The highest BCUT2D eigenvalue weighted by molar-refractivity contribution is 6.30. The predicted molar refractivity (Wildman–Crippen MR) is 50.5 cm³/mol. The SMILES string of the molecule is CC(CC=O)c1ccc(Cl)c(F)c1. The van der Waals surface area contributed by atoms with Crippen LogP contribution < -0.4 is 0 Å². The summed E-state index contributed by atoms with van der Waals surface area (Å²) in [6.45, 7) is 1.87. The van der Waals surface area contributed by atoms with Gasteiger partial charge in [0.2, 0.25) is 0 Å². The van der Waals surface area contributed by atoms with Gasteiger partial charge in [0.25, 0.3) is 0 Å². The van der Waals surface area contributed by atoms with Crippen LogP contribution in [-0.4, -0.2) is 6.29 Å². The molecule has 0 spiro atoms. The molecule has 3 heteroatoms. The van der Waals surface area contributed by atoms with E-state index in [-0.39, 0.29) is 10.9 Å². The average molecular weight is 201 g/mol. The van der Waals surface area contributed by atoms with Gasteiger partial charge in [0.1, 0.15) is 12.1 Å². The van der Waals surface area contributed by atoms with Crippen LogP contribution >= 0.6 is 11.6 Å². The van der Waals surface area contributed by atoms with E-state index in [0.717, 1.165) is 11.8 Å². The summed E-state index contributed by atoms with van der Waals surface area (Å²) in [6.07, 6.45) is 1.23. The summed E-state index contributed by atoms with van der Waals surface area (Å²) in [7, 11) is 0. The minimum atomic E-state index is -0.433. The highest BCUT2D eigenvalue weighted by Gasteiger charge is 2.07. The van der Waals surface area contributed by atoms with Gasteiger partial charge in [-0.2, -0.15) is 0 Å². The summed E-state index contributed by atoms with van der Waals surface area (Å²) in [5, 5.41) is 0.113. The Morgan fingerprint density at radius 3 is 2.85 bits per heavy atom. The van der Waals surface area contributed by atoms with Gasteiger partial charge in [-0.15, -0.1) is 0 Å². The maximum Gasteiger partial charge on any atom is 0.142 e. The summed E-state index contributed by atoms with van der Waals surface area (Å²) in [5.41, 5.74) is 0.800. The average Bonchev–Trinajstić information content (AvgIpc) is 2.10. The fourth-order valence-electron chi connectivity index (χ4n) is 1.10. The summed E-state index contributed by atoms with van der Waals surface area (Å²) >= 11 is 5.52. The molecule has 0 saturated heterocycles. The first-order chi connectivity index (χ1) is 6.15. The molecule has 0 aliphatic carbocycles. The third kappa shape index (κ3) is 2.52. The molecule has 70 valence electrons. The Morgan fingerprint density at radius 1 is 1.62 bits per heavy atom. The van der Waals surface area contributed by atoms with Crippen molar-refractivity contribution in [2.75, 3.05) is 0 Å². The molecule has 0 aromatic heterocycles. The smallest absolute Gasteiger partial charge is 0.142 e. The van der Waals surface area contributed by atoms with E-state index in [0.29, 0.717) is 6.42 Å². The summed E-state index contributed by atoms with van der Waals surface area (Å²) in [5.74, 6) is -0.388. The second kappa shape index (κ2) is 4.38. The molecular weight excluding hydrogens is 191 g/mol. The zero-order chi connectivity index (χ0) is 9.84. The molecular formula is C10H10ClFO. The molecule has 1 rings (SSSR count). The molecule has 0 bridgehead atoms. The highest BCUT2D eigenvalue weighted by Crippen LogP contribution is 2.22. The number of rotatable bonds is 3. The molecule has 1 atom stereocenters. The van der Waals surface area contributed by atoms with Crippen molar-refractivity contribution in [1.29, 1.82) is 0 Å². The van der Waals surface area contributed by atoms with Gasteiger partial charge in [0.05, 0.1) is 5.02 Å². The Labute approximate surface area is 81.5 Å². The minimum Gasteiger partial charge on any atom is -0.303 e. The van der Waals surface area contributed by atoms with Gasteiger partial charge < -0.3 is 4.79 Å². The quantitative estimate of drug-likeness (QED) is 0.685. The molecule has 1 aromatic rings. The molecule has 1 unspecified atom stereocenters. The number of aldehydes is 1. The van der Waals surface area contributed by atoms with Crippen LogP contribution in [0.3, 0.4) is 0 Å². The van der Waals surface area contributed by atoms with Gasteiger partial charge >= 0.3 is 0 Å². The van der Waals surface area contributed by atoms with E-state index in [2.05, 4.69) is 0 Å². The molecule has 1 nitrogen and oxygen atoms in total. The Morgan fingerprint density at radius 2 is 2.31 bits per heavy atom. The summed E-state index contributed by atoms with van der Waals surface area (Å²) in [6, 6.07) is 4.61. The van der Waals surface area contributed by atoms with E-state index in [1.165, 1.54) is 12.1 Å². The maximum atomic E-state index is 13.0. The molecule has 0 aliphatic heterocycles. The van der Waals surface area contributed by atoms with Crippen molar-refractivity contribution in [3.63, 3.8) is 0 Å². The van der Waals surface area contributed by atoms with Crippen LogP contribution in [0.15, 0.2) is 18.2 Å². The fourth-order valence-corrected chi connectivity index (χ4v) is 1.22. The maximum absolute atomic E-state index is 13.0. The van der Waals surface area contributed by atoms with Crippen molar-refractivity contribution in [2.24, 2.45) is 0 Å². The molecule has 1 aromatic carbocycles. The Hall–Kier alpha value is -0.890. The molecule has 0 amide bonds. The van der Waals surface area contributed by atoms with E-state index in [4.69, 9.17) is 11.6 Å². The first-order valence-corrected chi connectivity index (χ1v) is 4.41. The standard InChI is InChI=1S/C10H10ClFO/c1-7(4-5-13)8-2-3-9(11)10(12)6-8/h2-3,5-7H,4H2,1H3. The van der Waals surface area contributed by atoms with Crippen LogP contribution in [0.1, 0.15) is 24.8 Å². The largest absolute Gasteiger partial charge is 0.303 e. The molecule has 0 radical (unpaired) electrons. The van der Waals surface area contributed by atoms with Crippen molar-refractivity contribution in [1.82, 2.24) is 0 Å². The number of carbonyl (C=O) groups is 1. The van der Waals surface area contributed by atoms with Gasteiger partial charge in [-0.3, -0.25) is 0 Å². The summed E-state index contributed by atoms with van der Waals surface area (Å²) < 4.78 is 13.0. The lowest BCUT2D eigenvalue weighted by molar-refractivity contribution is -0.108.